The number of hydrogen-bond acceptors (Lipinski definition) is 4. The van der Waals surface area contributed by atoms with E-state index in [1.807, 2.05) is 13.0 Å². The average Bonchev–Trinajstić information content (AvgIpc) is 2.72. The topological polar surface area (TPSA) is 86.9 Å². The highest BCUT2D eigenvalue weighted by Gasteiger charge is 2.23. The molecular formula is C13H18N4O2S. The molecular weight excluding hydrogens is 276 g/mol. The molecule has 0 spiro atoms. The number of H-pyrrole nitrogens is 1. The van der Waals surface area contributed by atoms with E-state index in [0.29, 0.717) is 17.8 Å². The summed E-state index contributed by atoms with van der Waals surface area (Å²) in [6.07, 6.45) is 0. The van der Waals surface area contributed by atoms with Gasteiger partial charge in [0.2, 0.25) is 5.03 Å². The molecule has 2 rings (SSSR count). The Morgan fingerprint density at radius 3 is 2.70 bits per heavy atom. The van der Waals surface area contributed by atoms with Gasteiger partial charge in [-0.25, -0.2) is 0 Å². The maximum absolute atomic E-state index is 12.4. The Morgan fingerprint density at radius 1 is 1.30 bits per heavy atom. The van der Waals surface area contributed by atoms with Crippen molar-refractivity contribution in [3.05, 3.63) is 41.1 Å². The number of anilines is 1. The second-order valence-electron chi connectivity index (χ2n) is 4.64. The van der Waals surface area contributed by atoms with E-state index in [1.165, 1.54) is 0 Å². The minimum Gasteiger partial charge on any atom is -0.316 e. The Balaban J connectivity index is 2.36. The van der Waals surface area contributed by atoms with Crippen LogP contribution in [-0.4, -0.2) is 25.7 Å². The predicted octanol–water partition coefficient (Wildman–Crippen LogP) is 1.55. The Hall–Kier alpha value is -1.86. The standard InChI is InChI=1S/C13H18N4O2S/c1-9-5-4-6-11(7-9)17-20(18,19)13-12(8-14-3)10(2)15-16-13/h4-7,14,17H,8H2,1-3H3,(H,15,16). The molecule has 0 radical (unpaired) electrons. The normalized spacial score (nSPS) is 11.6. The highest BCUT2D eigenvalue weighted by molar-refractivity contribution is 7.92. The number of nitrogens with zero attached hydrogens (tertiary/aromatic N) is 1. The molecule has 1 aromatic heterocycles. The van der Waals surface area contributed by atoms with Crippen molar-refractivity contribution in [3.63, 3.8) is 0 Å². The zero-order chi connectivity index (χ0) is 14.8. The van der Waals surface area contributed by atoms with E-state index in [9.17, 15) is 8.42 Å². The van der Waals surface area contributed by atoms with Crippen molar-refractivity contribution < 1.29 is 8.42 Å². The van der Waals surface area contributed by atoms with E-state index >= 15 is 0 Å². The zero-order valence-corrected chi connectivity index (χ0v) is 12.5. The maximum Gasteiger partial charge on any atom is 0.281 e. The van der Waals surface area contributed by atoms with Crippen LogP contribution in [0.2, 0.25) is 0 Å². The number of sulfonamides is 1. The first-order chi connectivity index (χ1) is 9.44. The second-order valence-corrected chi connectivity index (χ2v) is 6.24. The molecule has 0 saturated carbocycles. The lowest BCUT2D eigenvalue weighted by atomic mass is 10.2. The number of rotatable bonds is 5. The molecule has 0 aliphatic carbocycles. The number of nitrogens with one attached hydrogen (secondary N) is 3. The molecule has 1 heterocycles. The number of aromatic nitrogens is 2. The van der Waals surface area contributed by atoms with Crippen LogP contribution in [0, 0.1) is 13.8 Å². The minimum absolute atomic E-state index is 0.0332. The molecule has 0 bridgehead atoms. The smallest absolute Gasteiger partial charge is 0.281 e. The van der Waals surface area contributed by atoms with Crippen molar-refractivity contribution in [2.75, 3.05) is 11.8 Å². The Bertz CT molecular complexity index is 707. The first-order valence-electron chi connectivity index (χ1n) is 6.22. The van der Waals surface area contributed by atoms with Crippen LogP contribution in [0.25, 0.3) is 0 Å². The average molecular weight is 294 g/mol. The van der Waals surface area contributed by atoms with Gasteiger partial charge in [-0.05, 0) is 38.6 Å². The van der Waals surface area contributed by atoms with E-state index in [2.05, 4.69) is 20.2 Å². The number of aryl methyl sites for hydroxylation is 2. The summed E-state index contributed by atoms with van der Waals surface area (Å²) >= 11 is 0. The van der Waals surface area contributed by atoms with Crippen LogP contribution in [0.3, 0.4) is 0 Å². The largest absolute Gasteiger partial charge is 0.316 e. The molecule has 6 nitrogen and oxygen atoms in total. The van der Waals surface area contributed by atoms with Gasteiger partial charge in [-0.1, -0.05) is 12.1 Å². The number of hydrogen-bond donors (Lipinski definition) is 3. The first-order valence-corrected chi connectivity index (χ1v) is 7.70. The van der Waals surface area contributed by atoms with Crippen LogP contribution < -0.4 is 10.0 Å². The van der Waals surface area contributed by atoms with Crippen molar-refractivity contribution in [1.29, 1.82) is 0 Å². The van der Waals surface area contributed by atoms with Gasteiger partial charge in [0.15, 0.2) is 0 Å². The summed E-state index contributed by atoms with van der Waals surface area (Å²) in [6, 6.07) is 7.19. The fourth-order valence-corrected chi connectivity index (χ4v) is 3.20. The molecule has 3 N–H and O–H groups in total. The summed E-state index contributed by atoms with van der Waals surface area (Å²) in [5.74, 6) is 0. The number of benzene rings is 1. The summed E-state index contributed by atoms with van der Waals surface area (Å²) in [5.41, 5.74) is 2.90. The van der Waals surface area contributed by atoms with Gasteiger partial charge in [0.25, 0.3) is 10.0 Å². The molecule has 108 valence electrons. The third-order valence-corrected chi connectivity index (χ3v) is 4.27. The van der Waals surface area contributed by atoms with Gasteiger partial charge < -0.3 is 5.32 Å². The van der Waals surface area contributed by atoms with Crippen molar-refractivity contribution in [3.8, 4) is 0 Å². The minimum atomic E-state index is -3.69. The SMILES string of the molecule is CNCc1c(S(=O)(=O)Nc2cccc(C)c2)n[nH]c1C. The third kappa shape index (κ3) is 3.00. The van der Waals surface area contributed by atoms with Gasteiger partial charge >= 0.3 is 0 Å². The lowest BCUT2D eigenvalue weighted by Crippen LogP contribution is -2.17. The lowest BCUT2D eigenvalue weighted by Gasteiger charge is -2.08. The fourth-order valence-electron chi connectivity index (χ4n) is 1.95. The van der Waals surface area contributed by atoms with Gasteiger partial charge in [-0.15, -0.1) is 0 Å². The molecule has 0 unspecified atom stereocenters. The molecule has 0 aliphatic rings. The summed E-state index contributed by atoms with van der Waals surface area (Å²) in [5, 5.41) is 9.60. The lowest BCUT2D eigenvalue weighted by molar-refractivity contribution is 0.595. The van der Waals surface area contributed by atoms with Crippen LogP contribution in [0.4, 0.5) is 5.69 Å². The molecule has 0 saturated heterocycles. The van der Waals surface area contributed by atoms with E-state index in [4.69, 9.17) is 0 Å². The van der Waals surface area contributed by atoms with E-state index in [0.717, 1.165) is 11.3 Å². The van der Waals surface area contributed by atoms with Gasteiger partial charge in [-0.3, -0.25) is 9.82 Å². The Kier molecular flexibility index (Phi) is 4.10. The molecule has 0 aliphatic heterocycles. The fraction of sp³-hybridized carbons (Fsp3) is 0.308. The number of aromatic amines is 1. The Morgan fingerprint density at radius 2 is 2.05 bits per heavy atom. The molecule has 2 aromatic rings. The summed E-state index contributed by atoms with van der Waals surface area (Å²) in [4.78, 5) is 0. The molecule has 1 aromatic carbocycles. The van der Waals surface area contributed by atoms with Gasteiger partial charge in [0, 0.05) is 23.5 Å². The van der Waals surface area contributed by atoms with Crippen LogP contribution in [0.15, 0.2) is 29.3 Å². The van der Waals surface area contributed by atoms with Crippen molar-refractivity contribution in [2.45, 2.75) is 25.4 Å². The highest BCUT2D eigenvalue weighted by atomic mass is 32.2. The van der Waals surface area contributed by atoms with Gasteiger partial charge in [0.05, 0.1) is 0 Å². The van der Waals surface area contributed by atoms with Gasteiger partial charge in [0.1, 0.15) is 0 Å². The third-order valence-electron chi connectivity index (χ3n) is 2.91. The molecule has 20 heavy (non-hydrogen) atoms. The molecule has 0 amide bonds. The summed E-state index contributed by atoms with van der Waals surface area (Å²) < 4.78 is 27.4. The van der Waals surface area contributed by atoms with Crippen LogP contribution in [0.5, 0.6) is 0 Å². The van der Waals surface area contributed by atoms with Crippen molar-refractivity contribution >= 4 is 15.7 Å². The monoisotopic (exact) mass is 294 g/mol. The van der Waals surface area contributed by atoms with Crippen LogP contribution in [-0.2, 0) is 16.6 Å². The van der Waals surface area contributed by atoms with Crippen LogP contribution >= 0.6 is 0 Å². The van der Waals surface area contributed by atoms with Gasteiger partial charge in [-0.2, -0.15) is 13.5 Å². The Labute approximate surface area is 118 Å². The van der Waals surface area contributed by atoms with Crippen molar-refractivity contribution in [1.82, 2.24) is 15.5 Å². The first kappa shape index (κ1) is 14.5. The predicted molar refractivity (Wildman–Crippen MR) is 78.1 cm³/mol. The molecule has 7 heteroatoms. The summed E-state index contributed by atoms with van der Waals surface area (Å²) in [7, 11) is -1.93. The summed E-state index contributed by atoms with van der Waals surface area (Å²) in [6.45, 7) is 4.14. The van der Waals surface area contributed by atoms with Crippen molar-refractivity contribution in [2.24, 2.45) is 0 Å². The van der Waals surface area contributed by atoms with E-state index < -0.39 is 10.0 Å². The molecule has 0 fully saturated rings. The highest BCUT2D eigenvalue weighted by Crippen LogP contribution is 2.20. The van der Waals surface area contributed by atoms with E-state index in [1.54, 1.807) is 32.2 Å². The van der Waals surface area contributed by atoms with Crippen LogP contribution in [0.1, 0.15) is 16.8 Å². The maximum atomic E-state index is 12.4. The van der Waals surface area contributed by atoms with E-state index in [-0.39, 0.29) is 5.03 Å². The second kappa shape index (κ2) is 5.64. The molecule has 0 atom stereocenters. The zero-order valence-electron chi connectivity index (χ0n) is 11.7. The quantitative estimate of drug-likeness (QED) is 0.781.